The molecule has 0 bridgehead atoms. The van der Waals surface area contributed by atoms with E-state index in [1.807, 2.05) is 6.08 Å². The van der Waals surface area contributed by atoms with Crippen LogP contribution >= 0.6 is 0 Å². The van der Waals surface area contributed by atoms with Gasteiger partial charge in [0.15, 0.2) is 0 Å². The van der Waals surface area contributed by atoms with E-state index < -0.39 is 0 Å². The summed E-state index contributed by atoms with van der Waals surface area (Å²) in [5.74, 6) is 0.773. The second-order valence-electron chi connectivity index (χ2n) is 3.00. The maximum Gasteiger partial charge on any atom is -0.0166 e. The summed E-state index contributed by atoms with van der Waals surface area (Å²) in [6, 6.07) is 0. The largest absolute Gasteiger partial charge is 0.0991 e. The summed E-state index contributed by atoms with van der Waals surface area (Å²) >= 11 is 0. The molecule has 0 aliphatic rings. The summed E-state index contributed by atoms with van der Waals surface area (Å²) < 4.78 is 0. The van der Waals surface area contributed by atoms with E-state index in [4.69, 9.17) is 0 Å². The average Bonchev–Trinajstić information content (AvgIpc) is 1.96. The summed E-state index contributed by atoms with van der Waals surface area (Å²) in [5, 5.41) is 0. The zero-order valence-corrected chi connectivity index (χ0v) is 7.59. The Morgan fingerprint density at radius 2 is 1.91 bits per heavy atom. The Kier molecular flexibility index (Phi) is 6.81. The van der Waals surface area contributed by atoms with Gasteiger partial charge >= 0.3 is 0 Å². The molecule has 0 rings (SSSR count). The zero-order chi connectivity index (χ0) is 8.53. The first-order valence-corrected chi connectivity index (χ1v) is 4.20. The Balaban J connectivity index is 3.30. The van der Waals surface area contributed by atoms with Gasteiger partial charge in [0, 0.05) is 0 Å². The van der Waals surface area contributed by atoms with E-state index in [-0.39, 0.29) is 0 Å². The topological polar surface area (TPSA) is 0 Å². The molecule has 0 heteroatoms. The van der Waals surface area contributed by atoms with Crippen LogP contribution in [0.15, 0.2) is 37.0 Å². The molecule has 0 aliphatic carbocycles. The molecule has 0 aliphatic heterocycles. The van der Waals surface area contributed by atoms with E-state index >= 15 is 0 Å². The number of rotatable bonds is 5. The SMILES string of the molecule is C=CC=CCC=CCC(C)C. The van der Waals surface area contributed by atoms with Gasteiger partial charge in [0.25, 0.3) is 0 Å². The predicted octanol–water partition coefficient (Wildman–Crippen LogP) is 3.72. The maximum atomic E-state index is 3.60. The lowest BCUT2D eigenvalue weighted by Crippen LogP contribution is -1.80. The van der Waals surface area contributed by atoms with Crippen LogP contribution in [0.4, 0.5) is 0 Å². The Bertz CT molecular complexity index is 138. The fourth-order valence-electron chi connectivity index (χ4n) is 0.718. The summed E-state index contributed by atoms with van der Waals surface area (Å²) in [6.45, 7) is 8.05. The van der Waals surface area contributed by atoms with Gasteiger partial charge < -0.3 is 0 Å². The van der Waals surface area contributed by atoms with Gasteiger partial charge in [-0.3, -0.25) is 0 Å². The molecule has 11 heavy (non-hydrogen) atoms. The highest BCUT2D eigenvalue weighted by molar-refractivity contribution is 5.01. The Morgan fingerprint density at radius 1 is 1.18 bits per heavy atom. The number of hydrogen-bond acceptors (Lipinski definition) is 0. The van der Waals surface area contributed by atoms with E-state index in [0.29, 0.717) is 0 Å². The third kappa shape index (κ3) is 9.22. The van der Waals surface area contributed by atoms with E-state index in [2.05, 4.69) is 38.7 Å². The second kappa shape index (κ2) is 7.33. The van der Waals surface area contributed by atoms with Crippen LogP contribution in [0.2, 0.25) is 0 Å². The molecular weight excluding hydrogens is 132 g/mol. The average molecular weight is 150 g/mol. The van der Waals surface area contributed by atoms with Crippen LogP contribution in [0.5, 0.6) is 0 Å². The van der Waals surface area contributed by atoms with Crippen molar-refractivity contribution in [2.45, 2.75) is 26.7 Å². The molecule has 0 atom stereocenters. The van der Waals surface area contributed by atoms with Crippen molar-refractivity contribution in [1.29, 1.82) is 0 Å². The molecule has 62 valence electrons. The first-order chi connectivity index (χ1) is 5.27. The molecule has 0 nitrogen and oxygen atoms in total. The van der Waals surface area contributed by atoms with Crippen molar-refractivity contribution in [3.05, 3.63) is 37.0 Å². The Labute approximate surface area is 70.3 Å². The van der Waals surface area contributed by atoms with E-state index in [9.17, 15) is 0 Å². The van der Waals surface area contributed by atoms with Gasteiger partial charge in [-0.2, -0.15) is 0 Å². The molecule has 0 fully saturated rings. The molecule has 0 spiro atoms. The van der Waals surface area contributed by atoms with Gasteiger partial charge in [-0.25, -0.2) is 0 Å². The van der Waals surface area contributed by atoms with Gasteiger partial charge in [-0.05, 0) is 18.8 Å². The fraction of sp³-hybridized carbons (Fsp3) is 0.455. The van der Waals surface area contributed by atoms with Crippen LogP contribution in [-0.2, 0) is 0 Å². The van der Waals surface area contributed by atoms with Crippen LogP contribution in [0.3, 0.4) is 0 Å². The minimum Gasteiger partial charge on any atom is -0.0991 e. The number of hydrogen-bond donors (Lipinski definition) is 0. The molecule has 0 N–H and O–H groups in total. The maximum absolute atomic E-state index is 3.60. The highest BCUT2D eigenvalue weighted by atomic mass is 13.9. The van der Waals surface area contributed by atoms with Crippen LogP contribution in [-0.4, -0.2) is 0 Å². The van der Waals surface area contributed by atoms with Gasteiger partial charge in [0.1, 0.15) is 0 Å². The zero-order valence-electron chi connectivity index (χ0n) is 7.59. The quantitative estimate of drug-likeness (QED) is 0.414. The monoisotopic (exact) mass is 150 g/mol. The Hall–Kier alpha value is -0.780. The normalized spacial score (nSPS) is 11.9. The van der Waals surface area contributed by atoms with Crippen molar-refractivity contribution in [2.24, 2.45) is 5.92 Å². The van der Waals surface area contributed by atoms with Gasteiger partial charge in [-0.15, -0.1) is 0 Å². The molecule has 0 saturated heterocycles. The minimum atomic E-state index is 0.773. The standard InChI is InChI=1S/C11H18/c1-4-5-6-7-8-9-10-11(2)3/h4-6,8-9,11H,1,7,10H2,2-3H3. The molecule has 0 radical (unpaired) electrons. The van der Waals surface area contributed by atoms with Crippen molar-refractivity contribution < 1.29 is 0 Å². The highest BCUT2D eigenvalue weighted by Crippen LogP contribution is 2.00. The van der Waals surface area contributed by atoms with Gasteiger partial charge in [-0.1, -0.05) is 50.8 Å². The molecule has 0 aromatic carbocycles. The van der Waals surface area contributed by atoms with Crippen molar-refractivity contribution in [3.63, 3.8) is 0 Å². The Morgan fingerprint density at radius 3 is 2.45 bits per heavy atom. The lowest BCUT2D eigenvalue weighted by molar-refractivity contribution is 0.663. The van der Waals surface area contributed by atoms with Crippen molar-refractivity contribution in [3.8, 4) is 0 Å². The van der Waals surface area contributed by atoms with E-state index in [1.165, 1.54) is 6.42 Å². The second-order valence-corrected chi connectivity index (χ2v) is 3.00. The molecule has 0 aromatic heterocycles. The lowest BCUT2D eigenvalue weighted by atomic mass is 10.1. The first kappa shape index (κ1) is 10.2. The molecule has 0 unspecified atom stereocenters. The third-order valence-electron chi connectivity index (χ3n) is 1.32. The van der Waals surface area contributed by atoms with Crippen molar-refractivity contribution >= 4 is 0 Å². The van der Waals surface area contributed by atoms with Crippen molar-refractivity contribution in [2.75, 3.05) is 0 Å². The number of allylic oxidation sites excluding steroid dienone is 5. The molecule has 0 heterocycles. The summed E-state index contributed by atoms with van der Waals surface area (Å²) in [6.07, 6.45) is 12.5. The first-order valence-electron chi connectivity index (χ1n) is 4.20. The minimum absolute atomic E-state index is 0.773. The van der Waals surface area contributed by atoms with Crippen LogP contribution in [0.1, 0.15) is 26.7 Å². The molecular formula is C11H18. The van der Waals surface area contributed by atoms with Crippen molar-refractivity contribution in [1.82, 2.24) is 0 Å². The van der Waals surface area contributed by atoms with Gasteiger partial charge in [0.05, 0.1) is 0 Å². The van der Waals surface area contributed by atoms with E-state index in [0.717, 1.165) is 12.3 Å². The molecule has 0 saturated carbocycles. The highest BCUT2D eigenvalue weighted by Gasteiger charge is 1.85. The summed E-state index contributed by atoms with van der Waals surface area (Å²) in [4.78, 5) is 0. The van der Waals surface area contributed by atoms with Gasteiger partial charge in [0.2, 0.25) is 0 Å². The van der Waals surface area contributed by atoms with Crippen LogP contribution in [0.25, 0.3) is 0 Å². The van der Waals surface area contributed by atoms with Crippen LogP contribution < -0.4 is 0 Å². The summed E-state index contributed by atoms with van der Waals surface area (Å²) in [7, 11) is 0. The molecule has 0 aromatic rings. The third-order valence-corrected chi connectivity index (χ3v) is 1.32. The fourth-order valence-corrected chi connectivity index (χ4v) is 0.718. The van der Waals surface area contributed by atoms with E-state index in [1.54, 1.807) is 6.08 Å². The smallest absolute Gasteiger partial charge is 0.0166 e. The predicted molar refractivity (Wildman–Crippen MR) is 52.5 cm³/mol. The lowest BCUT2D eigenvalue weighted by Gasteiger charge is -1.94. The van der Waals surface area contributed by atoms with Crippen LogP contribution in [0, 0.1) is 5.92 Å². The molecule has 0 amide bonds. The summed E-state index contributed by atoms with van der Waals surface area (Å²) in [5.41, 5.74) is 0.